The first kappa shape index (κ1) is 14.3. The Morgan fingerprint density at radius 2 is 1.71 bits per heavy atom. The SMILES string of the molecule is Cc1ccc(NC(=O)[C@@]23CC[C@@](C)(C(=O)C2)C3(C)C)cc1. The molecule has 2 aliphatic carbocycles. The molecule has 0 saturated heterocycles. The summed E-state index contributed by atoms with van der Waals surface area (Å²) in [7, 11) is 0. The third-order valence-electron chi connectivity index (χ3n) is 6.45. The van der Waals surface area contributed by atoms with Crippen molar-refractivity contribution < 1.29 is 9.59 Å². The molecule has 2 saturated carbocycles. The Balaban J connectivity index is 1.91. The molecule has 1 N–H and O–H groups in total. The van der Waals surface area contributed by atoms with Crippen LogP contribution in [0, 0.1) is 23.2 Å². The summed E-state index contributed by atoms with van der Waals surface area (Å²) in [6, 6.07) is 7.80. The van der Waals surface area contributed by atoms with Gasteiger partial charge in [0, 0.05) is 17.5 Å². The van der Waals surface area contributed by atoms with Crippen LogP contribution in [-0.2, 0) is 9.59 Å². The van der Waals surface area contributed by atoms with Crippen molar-refractivity contribution in [1.82, 2.24) is 0 Å². The lowest BCUT2D eigenvalue weighted by molar-refractivity contribution is -0.131. The molecule has 2 fully saturated rings. The second-order valence-corrected chi connectivity index (χ2v) is 7.46. The Labute approximate surface area is 126 Å². The molecule has 0 aromatic heterocycles. The van der Waals surface area contributed by atoms with Crippen molar-refractivity contribution in [2.75, 3.05) is 5.32 Å². The number of hydrogen-bond acceptors (Lipinski definition) is 2. The molecule has 21 heavy (non-hydrogen) atoms. The number of rotatable bonds is 2. The van der Waals surface area contributed by atoms with E-state index in [0.29, 0.717) is 6.42 Å². The zero-order chi connectivity index (χ0) is 15.5. The van der Waals surface area contributed by atoms with Crippen LogP contribution in [-0.4, -0.2) is 11.7 Å². The van der Waals surface area contributed by atoms with Crippen molar-refractivity contribution in [2.24, 2.45) is 16.2 Å². The van der Waals surface area contributed by atoms with Crippen LogP contribution in [0.2, 0.25) is 0 Å². The monoisotopic (exact) mass is 285 g/mol. The number of aryl methyl sites for hydroxylation is 1. The van der Waals surface area contributed by atoms with Crippen molar-refractivity contribution in [3.8, 4) is 0 Å². The van der Waals surface area contributed by atoms with Gasteiger partial charge in [0.2, 0.25) is 5.91 Å². The molecule has 0 spiro atoms. The molecular weight excluding hydrogens is 262 g/mol. The van der Waals surface area contributed by atoms with Crippen LogP contribution >= 0.6 is 0 Å². The van der Waals surface area contributed by atoms with Crippen LogP contribution in [0.15, 0.2) is 24.3 Å². The summed E-state index contributed by atoms with van der Waals surface area (Å²) in [5.74, 6) is 0.253. The standard InChI is InChI=1S/C18H23NO2/c1-12-5-7-13(8-6-12)19-15(21)18-10-9-17(4,14(20)11-18)16(18,2)3/h5-8H,9-11H2,1-4H3,(H,19,21)/t17-,18+/m0/s1. The van der Waals surface area contributed by atoms with Gasteiger partial charge in [-0.3, -0.25) is 9.59 Å². The lowest BCUT2D eigenvalue weighted by Crippen LogP contribution is -2.43. The molecule has 3 nitrogen and oxygen atoms in total. The lowest BCUT2D eigenvalue weighted by Gasteiger charge is -2.38. The fourth-order valence-electron chi connectivity index (χ4n) is 4.25. The number of carbonyl (C=O) groups excluding carboxylic acids is 2. The molecule has 1 aromatic rings. The van der Waals surface area contributed by atoms with Crippen molar-refractivity contribution in [2.45, 2.75) is 47.0 Å². The molecule has 0 unspecified atom stereocenters. The Kier molecular flexibility index (Phi) is 2.85. The minimum absolute atomic E-state index is 0.00549. The van der Waals surface area contributed by atoms with Crippen LogP contribution in [0.5, 0.6) is 0 Å². The largest absolute Gasteiger partial charge is 0.326 e. The van der Waals surface area contributed by atoms with Gasteiger partial charge in [-0.1, -0.05) is 38.5 Å². The normalized spacial score (nSPS) is 33.2. The van der Waals surface area contributed by atoms with E-state index < -0.39 is 5.41 Å². The maximum atomic E-state index is 12.9. The highest BCUT2D eigenvalue weighted by Crippen LogP contribution is 2.70. The van der Waals surface area contributed by atoms with E-state index in [-0.39, 0.29) is 22.5 Å². The van der Waals surface area contributed by atoms with E-state index in [1.807, 2.05) is 38.1 Å². The van der Waals surface area contributed by atoms with Crippen molar-refractivity contribution in [3.63, 3.8) is 0 Å². The number of hydrogen-bond donors (Lipinski definition) is 1. The zero-order valence-corrected chi connectivity index (χ0v) is 13.2. The summed E-state index contributed by atoms with van der Waals surface area (Å²) in [5, 5.41) is 3.03. The number of anilines is 1. The van der Waals surface area contributed by atoms with Crippen molar-refractivity contribution in [3.05, 3.63) is 29.8 Å². The Hall–Kier alpha value is -1.64. The van der Waals surface area contributed by atoms with Gasteiger partial charge in [0.05, 0.1) is 5.41 Å². The van der Waals surface area contributed by atoms with Gasteiger partial charge in [0.1, 0.15) is 5.78 Å². The average molecular weight is 285 g/mol. The molecule has 0 heterocycles. The predicted molar refractivity (Wildman–Crippen MR) is 83.0 cm³/mol. The number of carbonyl (C=O) groups is 2. The predicted octanol–water partition coefficient (Wildman–Crippen LogP) is 3.72. The highest BCUT2D eigenvalue weighted by atomic mass is 16.2. The van der Waals surface area contributed by atoms with Crippen LogP contribution in [0.25, 0.3) is 0 Å². The molecule has 3 heteroatoms. The molecule has 0 aliphatic heterocycles. The summed E-state index contributed by atoms with van der Waals surface area (Å²) in [6.07, 6.45) is 2.01. The maximum Gasteiger partial charge on any atom is 0.231 e. The van der Waals surface area contributed by atoms with Crippen LogP contribution in [0.3, 0.4) is 0 Å². The van der Waals surface area contributed by atoms with Gasteiger partial charge in [-0.25, -0.2) is 0 Å². The minimum atomic E-state index is -0.552. The molecule has 2 atom stereocenters. The molecule has 1 aromatic carbocycles. The lowest BCUT2D eigenvalue weighted by atomic mass is 9.64. The molecule has 112 valence electrons. The first-order valence-corrected chi connectivity index (χ1v) is 7.64. The Morgan fingerprint density at radius 1 is 1.10 bits per heavy atom. The van der Waals surface area contributed by atoms with E-state index in [9.17, 15) is 9.59 Å². The second-order valence-electron chi connectivity index (χ2n) is 7.46. The number of ketones is 1. The average Bonchev–Trinajstić information content (AvgIpc) is 2.72. The summed E-state index contributed by atoms with van der Waals surface area (Å²) in [4.78, 5) is 25.3. The molecule has 2 bridgehead atoms. The first-order valence-electron chi connectivity index (χ1n) is 7.64. The van der Waals surface area contributed by atoms with E-state index in [4.69, 9.17) is 0 Å². The van der Waals surface area contributed by atoms with Gasteiger partial charge in [0.25, 0.3) is 0 Å². The topological polar surface area (TPSA) is 46.2 Å². The highest BCUT2D eigenvalue weighted by Gasteiger charge is 2.72. The molecule has 2 aliphatic rings. The van der Waals surface area contributed by atoms with Crippen molar-refractivity contribution >= 4 is 17.4 Å². The number of nitrogens with one attached hydrogen (secondary N) is 1. The second kappa shape index (κ2) is 4.19. The fraction of sp³-hybridized carbons (Fsp3) is 0.556. The van der Waals surface area contributed by atoms with Gasteiger partial charge in [-0.2, -0.15) is 0 Å². The number of benzene rings is 1. The summed E-state index contributed by atoms with van der Waals surface area (Å²) in [6.45, 7) is 8.22. The molecule has 1 amide bonds. The van der Waals surface area contributed by atoms with E-state index >= 15 is 0 Å². The smallest absolute Gasteiger partial charge is 0.231 e. The van der Waals surface area contributed by atoms with Gasteiger partial charge in [0.15, 0.2) is 0 Å². The molecule has 3 rings (SSSR count). The van der Waals surface area contributed by atoms with Gasteiger partial charge >= 0.3 is 0 Å². The quantitative estimate of drug-likeness (QED) is 0.900. The first-order chi connectivity index (χ1) is 9.73. The van der Waals surface area contributed by atoms with Gasteiger partial charge < -0.3 is 5.32 Å². The van der Waals surface area contributed by atoms with Crippen LogP contribution in [0.1, 0.15) is 45.6 Å². The third-order valence-corrected chi connectivity index (χ3v) is 6.45. The number of Topliss-reactive ketones (excluding diaryl/α,β-unsaturated/α-hetero) is 1. The van der Waals surface area contributed by atoms with E-state index in [2.05, 4.69) is 19.2 Å². The number of amides is 1. The van der Waals surface area contributed by atoms with Crippen LogP contribution < -0.4 is 5.32 Å². The number of fused-ring (bicyclic) bond motifs is 2. The molecular formula is C18H23NO2. The summed E-state index contributed by atoms with van der Waals surface area (Å²) in [5.41, 5.74) is 0.785. The highest BCUT2D eigenvalue weighted by molar-refractivity contribution is 6.04. The van der Waals surface area contributed by atoms with E-state index in [1.54, 1.807) is 0 Å². The zero-order valence-electron chi connectivity index (χ0n) is 13.2. The van der Waals surface area contributed by atoms with Crippen LogP contribution in [0.4, 0.5) is 5.69 Å². The van der Waals surface area contributed by atoms with Gasteiger partial charge in [-0.15, -0.1) is 0 Å². The van der Waals surface area contributed by atoms with E-state index in [1.165, 1.54) is 0 Å². The Morgan fingerprint density at radius 3 is 2.19 bits per heavy atom. The molecule has 0 radical (unpaired) electrons. The maximum absolute atomic E-state index is 12.9. The fourth-order valence-corrected chi connectivity index (χ4v) is 4.25. The summed E-state index contributed by atoms with van der Waals surface area (Å²) < 4.78 is 0. The third kappa shape index (κ3) is 1.66. The van der Waals surface area contributed by atoms with E-state index in [0.717, 1.165) is 24.1 Å². The van der Waals surface area contributed by atoms with Gasteiger partial charge in [-0.05, 0) is 37.3 Å². The Bertz CT molecular complexity index is 617. The minimum Gasteiger partial charge on any atom is -0.326 e. The summed E-state index contributed by atoms with van der Waals surface area (Å²) >= 11 is 0. The van der Waals surface area contributed by atoms with Crippen molar-refractivity contribution in [1.29, 1.82) is 0 Å².